The molecular formula is C23H27N5. The van der Waals surface area contributed by atoms with Crippen molar-refractivity contribution in [3.63, 3.8) is 0 Å². The highest BCUT2D eigenvalue weighted by atomic mass is 15.2. The Hall–Kier alpha value is -2.95. The summed E-state index contributed by atoms with van der Waals surface area (Å²) >= 11 is 0. The van der Waals surface area contributed by atoms with Crippen LogP contribution in [0.2, 0.25) is 0 Å². The van der Waals surface area contributed by atoms with E-state index < -0.39 is 0 Å². The van der Waals surface area contributed by atoms with Gasteiger partial charge in [0, 0.05) is 35.8 Å². The third-order valence-electron chi connectivity index (χ3n) is 5.49. The SMILES string of the molecule is Cc1cccc(Nc2cc(-c3cccnc3)nc(NC3CCCCC3)n2)c1C. The van der Waals surface area contributed by atoms with Crippen LogP contribution in [0.25, 0.3) is 11.3 Å². The number of hydrogen-bond acceptors (Lipinski definition) is 5. The summed E-state index contributed by atoms with van der Waals surface area (Å²) in [6, 6.07) is 12.7. The molecule has 1 fully saturated rings. The van der Waals surface area contributed by atoms with Crippen LogP contribution in [-0.4, -0.2) is 21.0 Å². The number of benzene rings is 1. The van der Waals surface area contributed by atoms with Gasteiger partial charge in [-0.2, -0.15) is 4.98 Å². The quantitative estimate of drug-likeness (QED) is 0.605. The molecular weight excluding hydrogens is 346 g/mol. The summed E-state index contributed by atoms with van der Waals surface area (Å²) in [6.45, 7) is 4.25. The van der Waals surface area contributed by atoms with E-state index in [9.17, 15) is 0 Å². The van der Waals surface area contributed by atoms with Crippen LogP contribution < -0.4 is 10.6 Å². The molecule has 5 nitrogen and oxygen atoms in total. The third kappa shape index (κ3) is 4.30. The zero-order chi connectivity index (χ0) is 19.3. The summed E-state index contributed by atoms with van der Waals surface area (Å²) in [5.41, 5.74) is 5.41. The van der Waals surface area contributed by atoms with E-state index in [4.69, 9.17) is 9.97 Å². The molecule has 1 aliphatic carbocycles. The molecule has 1 aromatic carbocycles. The van der Waals surface area contributed by atoms with E-state index in [1.807, 2.05) is 24.4 Å². The number of rotatable bonds is 5. The average molecular weight is 374 g/mol. The Labute approximate surface area is 166 Å². The van der Waals surface area contributed by atoms with E-state index in [0.717, 1.165) is 22.8 Å². The standard InChI is InChI=1S/C23H27N5/c1-16-8-6-12-20(17(16)2)26-22-14-21(18-9-7-13-24-15-18)27-23(28-22)25-19-10-4-3-5-11-19/h6-9,12-15,19H,3-5,10-11H2,1-2H3,(H2,25,26,27,28). The molecule has 0 saturated heterocycles. The maximum absolute atomic E-state index is 4.78. The van der Waals surface area contributed by atoms with Gasteiger partial charge in [-0.15, -0.1) is 0 Å². The van der Waals surface area contributed by atoms with Gasteiger partial charge in [0.1, 0.15) is 5.82 Å². The van der Waals surface area contributed by atoms with Gasteiger partial charge in [-0.1, -0.05) is 31.4 Å². The van der Waals surface area contributed by atoms with E-state index in [1.165, 1.54) is 43.2 Å². The predicted molar refractivity (Wildman–Crippen MR) is 115 cm³/mol. The van der Waals surface area contributed by atoms with Crippen molar-refractivity contribution in [1.29, 1.82) is 0 Å². The van der Waals surface area contributed by atoms with E-state index in [1.54, 1.807) is 6.20 Å². The van der Waals surface area contributed by atoms with Crippen LogP contribution in [0.4, 0.5) is 17.5 Å². The van der Waals surface area contributed by atoms with Crippen molar-refractivity contribution in [2.24, 2.45) is 0 Å². The van der Waals surface area contributed by atoms with Crippen molar-refractivity contribution in [1.82, 2.24) is 15.0 Å². The van der Waals surface area contributed by atoms with Crippen LogP contribution in [0.1, 0.15) is 43.2 Å². The molecule has 0 unspecified atom stereocenters. The minimum atomic E-state index is 0.450. The Bertz CT molecular complexity index is 933. The Kier molecular flexibility index (Phi) is 5.51. The number of aryl methyl sites for hydroxylation is 1. The molecule has 0 bridgehead atoms. The number of anilines is 3. The van der Waals surface area contributed by atoms with Gasteiger partial charge in [-0.3, -0.25) is 4.98 Å². The Morgan fingerprint density at radius 1 is 0.964 bits per heavy atom. The number of nitrogens with zero attached hydrogens (tertiary/aromatic N) is 3. The first kappa shape index (κ1) is 18.4. The van der Waals surface area contributed by atoms with Gasteiger partial charge in [0.05, 0.1) is 5.69 Å². The largest absolute Gasteiger partial charge is 0.351 e. The second-order valence-electron chi connectivity index (χ2n) is 7.56. The van der Waals surface area contributed by atoms with Crippen molar-refractivity contribution >= 4 is 17.5 Å². The van der Waals surface area contributed by atoms with Crippen molar-refractivity contribution in [2.45, 2.75) is 52.0 Å². The van der Waals surface area contributed by atoms with E-state index in [-0.39, 0.29) is 0 Å². The van der Waals surface area contributed by atoms with Crippen LogP contribution in [0.5, 0.6) is 0 Å². The highest BCUT2D eigenvalue weighted by Crippen LogP contribution is 2.27. The second kappa shape index (κ2) is 8.38. The lowest BCUT2D eigenvalue weighted by molar-refractivity contribution is 0.461. The molecule has 2 heterocycles. The van der Waals surface area contributed by atoms with Gasteiger partial charge in [0.2, 0.25) is 5.95 Å². The molecule has 2 aromatic heterocycles. The lowest BCUT2D eigenvalue weighted by atomic mass is 9.96. The maximum Gasteiger partial charge on any atom is 0.225 e. The molecule has 0 radical (unpaired) electrons. The minimum Gasteiger partial charge on any atom is -0.351 e. The molecule has 2 N–H and O–H groups in total. The Balaban J connectivity index is 1.68. The highest BCUT2D eigenvalue weighted by molar-refractivity contribution is 5.68. The van der Waals surface area contributed by atoms with E-state index in [0.29, 0.717) is 12.0 Å². The molecule has 0 aliphatic heterocycles. The fraction of sp³-hybridized carbons (Fsp3) is 0.348. The summed E-state index contributed by atoms with van der Waals surface area (Å²) in [5.74, 6) is 1.47. The molecule has 4 rings (SSSR count). The topological polar surface area (TPSA) is 62.7 Å². The molecule has 1 saturated carbocycles. The first-order chi connectivity index (χ1) is 13.7. The van der Waals surface area contributed by atoms with Crippen molar-refractivity contribution < 1.29 is 0 Å². The number of hydrogen-bond donors (Lipinski definition) is 2. The predicted octanol–water partition coefficient (Wildman–Crippen LogP) is 5.64. The smallest absolute Gasteiger partial charge is 0.225 e. The van der Waals surface area contributed by atoms with Gasteiger partial charge < -0.3 is 10.6 Å². The summed E-state index contributed by atoms with van der Waals surface area (Å²) in [6.07, 6.45) is 9.85. The highest BCUT2D eigenvalue weighted by Gasteiger charge is 2.16. The molecule has 1 aliphatic rings. The number of aromatic nitrogens is 3. The van der Waals surface area contributed by atoms with Crippen LogP contribution in [0.15, 0.2) is 48.8 Å². The molecule has 0 atom stereocenters. The van der Waals surface area contributed by atoms with Crippen LogP contribution in [0.3, 0.4) is 0 Å². The fourth-order valence-electron chi connectivity index (χ4n) is 3.69. The first-order valence-corrected chi connectivity index (χ1v) is 10.1. The molecule has 0 spiro atoms. The lowest BCUT2D eigenvalue weighted by Gasteiger charge is -2.23. The Morgan fingerprint density at radius 3 is 2.61 bits per heavy atom. The van der Waals surface area contributed by atoms with Gasteiger partial charge in [0.25, 0.3) is 0 Å². The normalized spacial score (nSPS) is 14.6. The monoisotopic (exact) mass is 373 g/mol. The Morgan fingerprint density at radius 2 is 1.82 bits per heavy atom. The van der Waals surface area contributed by atoms with Gasteiger partial charge in [0.15, 0.2) is 0 Å². The average Bonchev–Trinajstić information content (AvgIpc) is 2.73. The molecule has 5 heteroatoms. The van der Waals surface area contributed by atoms with Gasteiger partial charge in [-0.05, 0) is 56.0 Å². The summed E-state index contributed by atoms with van der Waals surface area (Å²) in [4.78, 5) is 13.8. The van der Waals surface area contributed by atoms with Crippen LogP contribution in [-0.2, 0) is 0 Å². The van der Waals surface area contributed by atoms with Crippen LogP contribution in [0, 0.1) is 13.8 Å². The summed E-state index contributed by atoms with van der Waals surface area (Å²) in [7, 11) is 0. The number of nitrogens with one attached hydrogen (secondary N) is 2. The maximum atomic E-state index is 4.78. The molecule has 3 aromatic rings. The van der Waals surface area contributed by atoms with Gasteiger partial charge >= 0.3 is 0 Å². The fourth-order valence-corrected chi connectivity index (χ4v) is 3.69. The molecule has 144 valence electrons. The first-order valence-electron chi connectivity index (χ1n) is 10.1. The second-order valence-corrected chi connectivity index (χ2v) is 7.56. The minimum absolute atomic E-state index is 0.450. The lowest BCUT2D eigenvalue weighted by Crippen LogP contribution is -2.23. The van der Waals surface area contributed by atoms with Crippen molar-refractivity contribution in [3.05, 3.63) is 59.9 Å². The molecule has 28 heavy (non-hydrogen) atoms. The molecule has 0 amide bonds. The third-order valence-corrected chi connectivity index (χ3v) is 5.49. The summed E-state index contributed by atoms with van der Waals surface area (Å²) in [5, 5.41) is 7.05. The van der Waals surface area contributed by atoms with E-state index in [2.05, 4.69) is 47.7 Å². The summed E-state index contributed by atoms with van der Waals surface area (Å²) < 4.78 is 0. The zero-order valence-corrected chi connectivity index (χ0v) is 16.6. The van der Waals surface area contributed by atoms with Gasteiger partial charge in [-0.25, -0.2) is 4.98 Å². The number of pyridine rings is 1. The zero-order valence-electron chi connectivity index (χ0n) is 16.6. The van der Waals surface area contributed by atoms with Crippen molar-refractivity contribution in [3.8, 4) is 11.3 Å². The van der Waals surface area contributed by atoms with Crippen molar-refractivity contribution in [2.75, 3.05) is 10.6 Å². The van der Waals surface area contributed by atoms with E-state index >= 15 is 0 Å². The van der Waals surface area contributed by atoms with Crippen LogP contribution >= 0.6 is 0 Å².